The zero-order chi connectivity index (χ0) is 19.9. The van der Waals surface area contributed by atoms with Crippen molar-refractivity contribution < 1.29 is 4.74 Å². The Labute approximate surface area is 170 Å². The number of rotatable bonds is 7. The minimum atomic E-state index is 0.487. The Kier molecular flexibility index (Phi) is 6.01. The fourth-order valence-electron chi connectivity index (χ4n) is 3.09. The van der Waals surface area contributed by atoms with Gasteiger partial charge in [-0.15, -0.1) is 0 Å². The molecule has 0 radical (unpaired) electrons. The van der Waals surface area contributed by atoms with Gasteiger partial charge in [0.2, 0.25) is 17.8 Å². The first kappa shape index (κ1) is 18.9. The second-order valence-electron chi connectivity index (χ2n) is 6.60. The molecule has 2 aromatic carbocycles. The predicted octanol–water partition coefficient (Wildman–Crippen LogP) is 3.17. The summed E-state index contributed by atoms with van der Waals surface area (Å²) in [6, 6.07) is 17.6. The third-order valence-corrected chi connectivity index (χ3v) is 4.45. The van der Waals surface area contributed by atoms with E-state index in [1.165, 1.54) is 0 Å². The van der Waals surface area contributed by atoms with Gasteiger partial charge in [-0.1, -0.05) is 24.3 Å². The lowest BCUT2D eigenvalue weighted by Crippen LogP contribution is -2.44. The van der Waals surface area contributed by atoms with E-state index in [4.69, 9.17) is 4.74 Å². The van der Waals surface area contributed by atoms with Crippen LogP contribution >= 0.6 is 0 Å². The number of para-hydroxylation sites is 1. The molecule has 0 bridgehead atoms. The molecule has 0 spiro atoms. The molecule has 29 heavy (non-hydrogen) atoms. The topological polar surface area (TPSA) is 87.2 Å². The van der Waals surface area contributed by atoms with Gasteiger partial charge in [-0.3, -0.25) is 0 Å². The van der Waals surface area contributed by atoms with Crippen molar-refractivity contribution >= 4 is 29.2 Å². The van der Waals surface area contributed by atoms with Crippen LogP contribution in [0.25, 0.3) is 0 Å². The number of nitrogens with zero attached hydrogens (tertiary/aromatic N) is 4. The molecule has 0 saturated carbocycles. The van der Waals surface area contributed by atoms with Crippen molar-refractivity contribution in [3.05, 3.63) is 54.6 Å². The molecule has 3 N–H and O–H groups in total. The third kappa shape index (κ3) is 5.11. The number of anilines is 5. The molecule has 1 saturated heterocycles. The van der Waals surface area contributed by atoms with Crippen molar-refractivity contribution in [1.82, 2.24) is 20.3 Å². The maximum Gasteiger partial charge on any atom is 0.233 e. The van der Waals surface area contributed by atoms with Crippen LogP contribution in [0.5, 0.6) is 5.75 Å². The zero-order valence-electron chi connectivity index (χ0n) is 16.4. The van der Waals surface area contributed by atoms with Gasteiger partial charge in [0.1, 0.15) is 5.75 Å². The van der Waals surface area contributed by atoms with Crippen LogP contribution in [0.4, 0.5) is 29.2 Å². The number of hydrogen-bond donors (Lipinski definition) is 3. The fourth-order valence-corrected chi connectivity index (χ4v) is 3.09. The van der Waals surface area contributed by atoms with E-state index in [-0.39, 0.29) is 0 Å². The monoisotopic (exact) mass is 391 g/mol. The van der Waals surface area contributed by atoms with Crippen molar-refractivity contribution in [1.29, 1.82) is 0 Å². The Morgan fingerprint density at radius 1 is 0.897 bits per heavy atom. The van der Waals surface area contributed by atoms with Crippen molar-refractivity contribution in [2.45, 2.75) is 6.92 Å². The molecular formula is C21H25N7O. The smallest absolute Gasteiger partial charge is 0.233 e. The molecule has 8 heteroatoms. The van der Waals surface area contributed by atoms with Crippen LogP contribution < -0.4 is 25.6 Å². The van der Waals surface area contributed by atoms with Crippen molar-refractivity contribution in [3.8, 4) is 5.75 Å². The van der Waals surface area contributed by atoms with E-state index in [2.05, 4.69) is 35.8 Å². The van der Waals surface area contributed by atoms with Crippen LogP contribution in [-0.2, 0) is 0 Å². The van der Waals surface area contributed by atoms with Gasteiger partial charge in [0.15, 0.2) is 0 Å². The summed E-state index contributed by atoms with van der Waals surface area (Å²) in [6.07, 6.45) is 0. The van der Waals surface area contributed by atoms with Crippen molar-refractivity contribution in [2.75, 3.05) is 48.3 Å². The quantitative estimate of drug-likeness (QED) is 0.566. The average molecular weight is 391 g/mol. The first-order valence-electron chi connectivity index (χ1n) is 9.84. The van der Waals surface area contributed by atoms with Crippen molar-refractivity contribution in [3.63, 3.8) is 0 Å². The Morgan fingerprint density at radius 3 is 2.31 bits per heavy atom. The van der Waals surface area contributed by atoms with E-state index in [9.17, 15) is 0 Å². The van der Waals surface area contributed by atoms with Gasteiger partial charge in [-0.25, -0.2) is 0 Å². The van der Waals surface area contributed by atoms with Crippen molar-refractivity contribution in [2.24, 2.45) is 0 Å². The summed E-state index contributed by atoms with van der Waals surface area (Å²) in [4.78, 5) is 16.0. The molecule has 1 fully saturated rings. The van der Waals surface area contributed by atoms with Gasteiger partial charge >= 0.3 is 0 Å². The lowest BCUT2D eigenvalue weighted by atomic mass is 10.3. The highest BCUT2D eigenvalue weighted by Gasteiger charge is 2.16. The maximum atomic E-state index is 5.59. The number of hydrogen-bond acceptors (Lipinski definition) is 8. The summed E-state index contributed by atoms with van der Waals surface area (Å²) in [7, 11) is 0. The Bertz CT molecular complexity index is 929. The third-order valence-electron chi connectivity index (χ3n) is 4.45. The van der Waals surface area contributed by atoms with Gasteiger partial charge in [0.05, 0.1) is 6.61 Å². The molecule has 0 aliphatic carbocycles. The van der Waals surface area contributed by atoms with Crippen LogP contribution in [-0.4, -0.2) is 47.7 Å². The first-order chi connectivity index (χ1) is 14.3. The van der Waals surface area contributed by atoms with Gasteiger partial charge in [-0.2, -0.15) is 15.0 Å². The summed E-state index contributed by atoms with van der Waals surface area (Å²) < 4.78 is 5.59. The molecule has 8 nitrogen and oxygen atoms in total. The Morgan fingerprint density at radius 2 is 1.59 bits per heavy atom. The highest BCUT2D eigenvalue weighted by molar-refractivity contribution is 5.60. The molecule has 0 amide bonds. The predicted molar refractivity (Wildman–Crippen MR) is 116 cm³/mol. The number of ether oxygens (including phenoxy) is 1. The highest BCUT2D eigenvalue weighted by Crippen LogP contribution is 2.23. The minimum Gasteiger partial charge on any atom is -0.494 e. The van der Waals surface area contributed by atoms with Gasteiger partial charge < -0.3 is 25.6 Å². The molecule has 150 valence electrons. The second kappa shape index (κ2) is 9.20. The summed E-state index contributed by atoms with van der Waals surface area (Å²) in [5.41, 5.74) is 1.79. The van der Waals surface area contributed by atoms with E-state index in [0.29, 0.717) is 24.5 Å². The SMILES string of the molecule is CCOc1cccc(Nc2nc(Nc3ccccc3)nc(N3CCNCC3)n2)c1. The van der Waals surface area contributed by atoms with E-state index >= 15 is 0 Å². The summed E-state index contributed by atoms with van der Waals surface area (Å²) in [5, 5.41) is 9.91. The van der Waals surface area contributed by atoms with Crippen LogP contribution in [0.15, 0.2) is 54.6 Å². The molecule has 1 aliphatic rings. The molecule has 1 aromatic heterocycles. The van der Waals surface area contributed by atoms with E-state index in [0.717, 1.165) is 43.3 Å². The highest BCUT2D eigenvalue weighted by atomic mass is 16.5. The number of benzene rings is 2. The van der Waals surface area contributed by atoms with E-state index < -0.39 is 0 Å². The molecule has 3 aromatic rings. The molecule has 1 aliphatic heterocycles. The van der Waals surface area contributed by atoms with Crippen LogP contribution in [0.3, 0.4) is 0 Å². The van der Waals surface area contributed by atoms with E-state index in [1.807, 2.05) is 61.5 Å². The zero-order valence-corrected chi connectivity index (χ0v) is 16.4. The number of nitrogens with one attached hydrogen (secondary N) is 3. The van der Waals surface area contributed by atoms with Crippen LogP contribution in [0, 0.1) is 0 Å². The van der Waals surface area contributed by atoms with Gasteiger partial charge in [0, 0.05) is 43.6 Å². The molecule has 0 unspecified atom stereocenters. The van der Waals surface area contributed by atoms with E-state index in [1.54, 1.807) is 0 Å². The summed E-state index contributed by atoms with van der Waals surface area (Å²) in [6.45, 7) is 6.11. The van der Waals surface area contributed by atoms with Crippen LogP contribution in [0.2, 0.25) is 0 Å². The molecule has 2 heterocycles. The molecule has 0 atom stereocenters. The summed E-state index contributed by atoms with van der Waals surface area (Å²) >= 11 is 0. The maximum absolute atomic E-state index is 5.59. The largest absolute Gasteiger partial charge is 0.494 e. The molecular weight excluding hydrogens is 366 g/mol. The second-order valence-corrected chi connectivity index (χ2v) is 6.60. The minimum absolute atomic E-state index is 0.487. The first-order valence-corrected chi connectivity index (χ1v) is 9.84. The normalized spacial score (nSPS) is 13.8. The Hall–Kier alpha value is -3.39. The standard InChI is InChI=1S/C21H25N7O/c1-2-29-18-10-6-9-17(15-18)24-20-25-19(23-16-7-4-3-5-8-16)26-21(27-20)28-13-11-22-12-14-28/h3-10,15,22H,2,11-14H2,1H3,(H2,23,24,25,26,27). The van der Waals surface area contributed by atoms with Gasteiger partial charge in [0.25, 0.3) is 0 Å². The molecule has 4 rings (SSSR count). The lowest BCUT2D eigenvalue weighted by Gasteiger charge is -2.27. The fraction of sp³-hybridized carbons (Fsp3) is 0.286. The number of piperazine rings is 1. The Balaban J connectivity index is 1.62. The lowest BCUT2D eigenvalue weighted by molar-refractivity contribution is 0.340. The number of aromatic nitrogens is 3. The van der Waals surface area contributed by atoms with Gasteiger partial charge in [-0.05, 0) is 31.2 Å². The summed E-state index contributed by atoms with van der Waals surface area (Å²) in [5.74, 6) is 2.45. The van der Waals surface area contributed by atoms with Crippen LogP contribution in [0.1, 0.15) is 6.92 Å². The average Bonchev–Trinajstić information content (AvgIpc) is 2.75.